The van der Waals surface area contributed by atoms with Crippen molar-refractivity contribution in [3.05, 3.63) is 35.4 Å². The number of amides is 1. The van der Waals surface area contributed by atoms with Crippen molar-refractivity contribution < 1.29 is 9.53 Å². The number of hydrogen-bond acceptors (Lipinski definition) is 2. The Balaban J connectivity index is 2.83. The van der Waals surface area contributed by atoms with E-state index in [1.807, 2.05) is 0 Å². The second-order valence-electron chi connectivity index (χ2n) is 2.21. The third-order valence-corrected chi connectivity index (χ3v) is 1.68. The molecule has 0 fully saturated rings. The monoisotopic (exact) mass is 218 g/mol. The number of ether oxygens (including phenoxy) is 1. The Kier molecular flexibility index (Phi) is 3.39. The average molecular weight is 219 g/mol. The number of anilines is 1. The summed E-state index contributed by atoms with van der Waals surface area (Å²) in [5.41, 5.74) is 0.464. The van der Waals surface area contributed by atoms with E-state index < -0.39 is 6.09 Å². The van der Waals surface area contributed by atoms with Crippen LogP contribution in [0, 0.1) is 7.11 Å². The molecule has 69 valence electrons. The summed E-state index contributed by atoms with van der Waals surface area (Å²) in [6, 6.07) is 4.65. The van der Waals surface area contributed by atoms with Crippen molar-refractivity contribution in [1.29, 1.82) is 0 Å². The van der Waals surface area contributed by atoms with Crippen molar-refractivity contribution in [2.24, 2.45) is 0 Å². The zero-order chi connectivity index (χ0) is 9.84. The lowest BCUT2D eigenvalue weighted by molar-refractivity contribution is 0.199. The van der Waals surface area contributed by atoms with Crippen LogP contribution in [0.2, 0.25) is 10.0 Å². The molecule has 1 amide bonds. The summed E-state index contributed by atoms with van der Waals surface area (Å²) < 4.78 is 4.15. The van der Waals surface area contributed by atoms with Crippen molar-refractivity contribution in [1.82, 2.24) is 0 Å². The van der Waals surface area contributed by atoms with Crippen LogP contribution in [0.15, 0.2) is 18.2 Å². The van der Waals surface area contributed by atoms with Crippen LogP contribution in [0.3, 0.4) is 0 Å². The molecular weight excluding hydrogens is 213 g/mol. The van der Waals surface area contributed by atoms with Gasteiger partial charge in [-0.05, 0) is 18.2 Å². The molecule has 0 unspecified atom stereocenters. The maximum Gasteiger partial charge on any atom is 0.411 e. The third-order valence-electron chi connectivity index (χ3n) is 1.24. The van der Waals surface area contributed by atoms with E-state index in [9.17, 15) is 4.79 Å². The fourth-order valence-electron chi connectivity index (χ4n) is 0.780. The summed E-state index contributed by atoms with van der Waals surface area (Å²) in [4.78, 5) is 10.7. The number of halogens is 2. The molecular formula is C8H6Cl2NO2. The van der Waals surface area contributed by atoms with Gasteiger partial charge in [0, 0.05) is 15.7 Å². The molecule has 1 N–H and O–H groups in total. The first-order valence-corrected chi connectivity index (χ1v) is 4.06. The molecule has 0 aliphatic carbocycles. The van der Waals surface area contributed by atoms with Gasteiger partial charge in [0.15, 0.2) is 0 Å². The lowest BCUT2D eigenvalue weighted by Crippen LogP contribution is -2.09. The van der Waals surface area contributed by atoms with E-state index in [0.29, 0.717) is 15.7 Å². The highest BCUT2D eigenvalue weighted by molar-refractivity contribution is 6.35. The average Bonchev–Trinajstić information content (AvgIpc) is 2.02. The molecule has 5 heteroatoms. The largest absolute Gasteiger partial charge is 0.446 e. The van der Waals surface area contributed by atoms with Gasteiger partial charge in [0.1, 0.15) is 7.11 Å². The maximum atomic E-state index is 10.7. The number of hydrogen-bond donors (Lipinski definition) is 1. The predicted octanol–water partition coefficient (Wildman–Crippen LogP) is 3.33. The van der Waals surface area contributed by atoms with Gasteiger partial charge in [-0.2, -0.15) is 0 Å². The van der Waals surface area contributed by atoms with E-state index >= 15 is 0 Å². The highest BCUT2D eigenvalue weighted by Gasteiger charge is 2.02. The van der Waals surface area contributed by atoms with Crippen molar-refractivity contribution >= 4 is 35.0 Å². The minimum absolute atomic E-state index is 0.437. The van der Waals surface area contributed by atoms with Crippen LogP contribution in [0.25, 0.3) is 0 Å². The van der Waals surface area contributed by atoms with Crippen LogP contribution in [0.4, 0.5) is 10.5 Å². The van der Waals surface area contributed by atoms with Gasteiger partial charge in [0.2, 0.25) is 0 Å². The Hall–Kier alpha value is -0.930. The van der Waals surface area contributed by atoms with E-state index in [2.05, 4.69) is 17.2 Å². The first-order chi connectivity index (χ1) is 6.11. The molecule has 0 saturated heterocycles. The van der Waals surface area contributed by atoms with E-state index in [0.717, 1.165) is 0 Å². The van der Waals surface area contributed by atoms with Crippen LogP contribution in [0.5, 0.6) is 0 Å². The molecule has 0 heterocycles. The first-order valence-electron chi connectivity index (χ1n) is 3.31. The second kappa shape index (κ2) is 4.35. The Labute approximate surface area is 85.6 Å². The van der Waals surface area contributed by atoms with Crippen molar-refractivity contribution in [3.63, 3.8) is 0 Å². The smallest absolute Gasteiger partial charge is 0.411 e. The summed E-state index contributed by atoms with van der Waals surface area (Å²) in [6.07, 6.45) is -0.668. The number of carbonyl (C=O) groups is 1. The van der Waals surface area contributed by atoms with Gasteiger partial charge in [-0.3, -0.25) is 5.32 Å². The van der Waals surface area contributed by atoms with Gasteiger partial charge in [-0.25, -0.2) is 4.79 Å². The SMILES string of the molecule is [CH2]OC(=O)Nc1cc(Cl)cc(Cl)c1. The van der Waals surface area contributed by atoms with Gasteiger partial charge < -0.3 is 4.74 Å². The molecule has 0 spiro atoms. The number of rotatable bonds is 1. The number of nitrogens with one attached hydrogen (secondary N) is 1. The lowest BCUT2D eigenvalue weighted by Gasteiger charge is -2.03. The Morgan fingerprint density at radius 3 is 2.31 bits per heavy atom. The van der Waals surface area contributed by atoms with Gasteiger partial charge in [-0.1, -0.05) is 23.2 Å². The zero-order valence-corrected chi connectivity index (χ0v) is 8.02. The highest BCUT2D eigenvalue weighted by atomic mass is 35.5. The van der Waals surface area contributed by atoms with E-state index in [-0.39, 0.29) is 0 Å². The van der Waals surface area contributed by atoms with E-state index in [1.54, 1.807) is 18.2 Å². The highest BCUT2D eigenvalue weighted by Crippen LogP contribution is 2.22. The van der Waals surface area contributed by atoms with E-state index in [1.165, 1.54) is 0 Å². The summed E-state index contributed by atoms with van der Waals surface area (Å²) in [5.74, 6) is 0. The summed E-state index contributed by atoms with van der Waals surface area (Å²) in [7, 11) is 2.95. The predicted molar refractivity (Wildman–Crippen MR) is 51.9 cm³/mol. The van der Waals surface area contributed by atoms with Crippen LogP contribution < -0.4 is 5.32 Å². The molecule has 0 atom stereocenters. The number of benzene rings is 1. The van der Waals surface area contributed by atoms with Crippen molar-refractivity contribution in [3.8, 4) is 0 Å². The molecule has 1 aromatic rings. The second-order valence-corrected chi connectivity index (χ2v) is 3.09. The Morgan fingerprint density at radius 2 is 1.85 bits per heavy atom. The standard InChI is InChI=1S/C8H6Cl2NO2/c1-13-8(12)11-7-3-5(9)2-6(10)4-7/h2-4H,1H2,(H,11,12). The van der Waals surface area contributed by atoms with Crippen LogP contribution in [0.1, 0.15) is 0 Å². The quantitative estimate of drug-likeness (QED) is 0.786. The van der Waals surface area contributed by atoms with Crippen LogP contribution in [-0.4, -0.2) is 6.09 Å². The van der Waals surface area contributed by atoms with Gasteiger partial charge in [0.25, 0.3) is 0 Å². The van der Waals surface area contributed by atoms with Gasteiger partial charge in [-0.15, -0.1) is 0 Å². The molecule has 3 nitrogen and oxygen atoms in total. The van der Waals surface area contributed by atoms with Gasteiger partial charge >= 0.3 is 6.09 Å². The normalized spacial score (nSPS) is 9.46. The Morgan fingerprint density at radius 1 is 1.31 bits per heavy atom. The minimum Gasteiger partial charge on any atom is -0.446 e. The third kappa shape index (κ3) is 3.13. The molecule has 0 bridgehead atoms. The van der Waals surface area contributed by atoms with Crippen LogP contribution in [-0.2, 0) is 4.74 Å². The molecule has 13 heavy (non-hydrogen) atoms. The molecule has 0 aliphatic rings. The summed E-state index contributed by atoms with van der Waals surface area (Å²) in [5, 5.41) is 3.25. The Bertz CT molecular complexity index is 308. The van der Waals surface area contributed by atoms with Gasteiger partial charge in [0.05, 0.1) is 0 Å². The minimum atomic E-state index is -0.668. The molecule has 1 aromatic carbocycles. The first kappa shape index (κ1) is 10.2. The lowest BCUT2D eigenvalue weighted by atomic mass is 10.3. The molecule has 1 radical (unpaired) electrons. The van der Waals surface area contributed by atoms with Crippen molar-refractivity contribution in [2.75, 3.05) is 5.32 Å². The topological polar surface area (TPSA) is 38.3 Å². The fraction of sp³-hybridized carbons (Fsp3) is 0. The summed E-state index contributed by atoms with van der Waals surface area (Å²) in [6.45, 7) is 0. The molecule has 0 aliphatic heterocycles. The molecule has 1 rings (SSSR count). The molecule has 0 aromatic heterocycles. The number of carbonyl (C=O) groups excluding carboxylic acids is 1. The van der Waals surface area contributed by atoms with Crippen LogP contribution >= 0.6 is 23.2 Å². The summed E-state index contributed by atoms with van der Waals surface area (Å²) >= 11 is 11.4. The fourth-order valence-corrected chi connectivity index (χ4v) is 1.31. The van der Waals surface area contributed by atoms with Crippen molar-refractivity contribution in [2.45, 2.75) is 0 Å². The van der Waals surface area contributed by atoms with E-state index in [4.69, 9.17) is 23.2 Å². The molecule has 0 saturated carbocycles. The maximum absolute atomic E-state index is 10.7. The zero-order valence-electron chi connectivity index (χ0n) is 6.51.